The van der Waals surface area contributed by atoms with E-state index in [4.69, 9.17) is 0 Å². The van der Waals surface area contributed by atoms with E-state index in [1.807, 2.05) is 36.5 Å². The highest BCUT2D eigenvalue weighted by molar-refractivity contribution is 7.82. The van der Waals surface area contributed by atoms with Gasteiger partial charge in [-0.25, -0.2) is 13.3 Å². The van der Waals surface area contributed by atoms with Crippen LogP contribution < -0.4 is 0 Å². The van der Waals surface area contributed by atoms with Crippen LogP contribution >= 0.6 is 24.7 Å². The number of hydrogen-bond donors (Lipinski definition) is 0. The predicted molar refractivity (Wildman–Crippen MR) is 117 cm³/mol. The van der Waals surface area contributed by atoms with Crippen LogP contribution in [0.25, 0.3) is 0 Å². The summed E-state index contributed by atoms with van der Waals surface area (Å²) >= 11 is 0. The summed E-state index contributed by atoms with van der Waals surface area (Å²) in [6.45, 7) is 26.6. The molecule has 0 aromatic carbocycles. The van der Waals surface area contributed by atoms with E-state index in [1.54, 1.807) is 0 Å². The highest BCUT2D eigenvalue weighted by Crippen LogP contribution is 2.76. The summed E-state index contributed by atoms with van der Waals surface area (Å²) in [4.78, 5) is 0. The number of allylic oxidation sites excluding steroid dienone is 3. The minimum absolute atomic E-state index is 0.457. The van der Waals surface area contributed by atoms with Gasteiger partial charge in [0.2, 0.25) is 0 Å². The monoisotopic (exact) mass is 381 g/mol. The molecular formula is C18H30N3P3. The predicted octanol–water partition coefficient (Wildman–Crippen LogP) is 5.96. The first-order valence-electron chi connectivity index (χ1n) is 8.00. The zero-order valence-electron chi connectivity index (χ0n) is 14.6. The molecule has 0 aromatic heterocycles. The second kappa shape index (κ2) is 12.0. The smallest absolute Gasteiger partial charge is 0.0535 e. The molecule has 1 aliphatic rings. The van der Waals surface area contributed by atoms with Crippen LogP contribution in [-0.2, 0) is 0 Å². The van der Waals surface area contributed by atoms with E-state index in [1.165, 1.54) is 0 Å². The molecule has 1 rings (SSSR count). The van der Waals surface area contributed by atoms with Crippen molar-refractivity contribution in [2.45, 2.75) is 0 Å². The molecule has 0 aromatic rings. The maximum absolute atomic E-state index is 4.00. The van der Waals surface area contributed by atoms with Gasteiger partial charge in [-0.15, -0.1) is 39.5 Å². The lowest BCUT2D eigenvalue weighted by Gasteiger charge is -2.56. The van der Waals surface area contributed by atoms with Gasteiger partial charge in [-0.2, -0.15) is 0 Å². The topological polar surface area (TPSA) is 9.72 Å². The first kappa shape index (κ1) is 21.7. The fraction of sp³-hybridized carbons (Fsp3) is 0.333. The van der Waals surface area contributed by atoms with Crippen molar-refractivity contribution in [1.29, 1.82) is 0 Å². The second-order valence-corrected chi connectivity index (χ2v) is 12.2. The molecule has 24 heavy (non-hydrogen) atoms. The summed E-state index contributed by atoms with van der Waals surface area (Å²) < 4.78 is 7.86. The van der Waals surface area contributed by atoms with E-state index < -0.39 is 24.7 Å². The van der Waals surface area contributed by atoms with E-state index >= 15 is 0 Å². The van der Waals surface area contributed by atoms with Crippen LogP contribution in [0.3, 0.4) is 0 Å². The van der Waals surface area contributed by atoms with Gasteiger partial charge in [-0.1, -0.05) is 36.5 Å². The van der Waals surface area contributed by atoms with Crippen LogP contribution in [0.4, 0.5) is 0 Å². The molecule has 0 saturated carbocycles. The summed E-state index contributed by atoms with van der Waals surface area (Å²) in [5, 5.41) is 0. The number of hydrogen-bond acceptors (Lipinski definition) is 3. The Morgan fingerprint density at radius 1 is 0.458 bits per heavy atom. The Morgan fingerprint density at radius 3 is 0.875 bits per heavy atom. The van der Waals surface area contributed by atoms with E-state index in [2.05, 4.69) is 52.8 Å². The lowest BCUT2D eigenvalue weighted by Crippen LogP contribution is -2.38. The van der Waals surface area contributed by atoms with Crippen LogP contribution in [0.5, 0.6) is 0 Å². The van der Waals surface area contributed by atoms with Gasteiger partial charge in [0.25, 0.3) is 0 Å². The first-order valence-corrected chi connectivity index (χ1v) is 12.3. The molecule has 0 bridgehead atoms. The third-order valence-electron chi connectivity index (χ3n) is 3.35. The van der Waals surface area contributed by atoms with Crippen molar-refractivity contribution in [2.24, 2.45) is 0 Å². The average Bonchev–Trinajstić information content (AvgIpc) is 2.57. The normalized spacial score (nSPS) is 25.8. The molecule has 0 amide bonds. The Kier molecular flexibility index (Phi) is 10.9. The van der Waals surface area contributed by atoms with Gasteiger partial charge in [-0.3, -0.25) is 0 Å². The standard InChI is InChI=1S/C18H30N3P3/c1-7-13-19-22(16-10-4)20(14-8-2)24(18-12-6)21(15-9-3)23(19)17-11-5/h7-12H,1-6,13-18H2. The van der Waals surface area contributed by atoms with Crippen molar-refractivity contribution in [3.05, 3.63) is 75.9 Å². The van der Waals surface area contributed by atoms with E-state index in [9.17, 15) is 0 Å². The Hall–Kier alpha value is -0.390. The maximum Gasteiger partial charge on any atom is 0.0535 e. The van der Waals surface area contributed by atoms with Gasteiger partial charge >= 0.3 is 0 Å². The molecule has 0 atom stereocenters. The fourth-order valence-electron chi connectivity index (χ4n) is 2.54. The number of nitrogens with zero attached hydrogens (tertiary/aromatic N) is 3. The van der Waals surface area contributed by atoms with Crippen molar-refractivity contribution in [3.63, 3.8) is 0 Å². The molecular weight excluding hydrogens is 351 g/mol. The molecule has 0 radical (unpaired) electrons. The Morgan fingerprint density at radius 2 is 0.708 bits per heavy atom. The minimum atomic E-state index is -0.457. The van der Waals surface area contributed by atoms with E-state index in [0.29, 0.717) is 0 Å². The van der Waals surface area contributed by atoms with E-state index in [0.717, 1.165) is 38.1 Å². The largest absolute Gasteiger partial charge is 0.230 e. The van der Waals surface area contributed by atoms with Gasteiger partial charge in [0.1, 0.15) is 0 Å². The van der Waals surface area contributed by atoms with Crippen LogP contribution in [0, 0.1) is 0 Å². The highest BCUT2D eigenvalue weighted by atomic mass is 31.3. The summed E-state index contributed by atoms with van der Waals surface area (Å²) in [5.74, 6) is 0. The quantitative estimate of drug-likeness (QED) is 0.305. The molecule has 0 N–H and O–H groups in total. The molecule has 1 aliphatic heterocycles. The van der Waals surface area contributed by atoms with Crippen LogP contribution in [0.2, 0.25) is 0 Å². The molecule has 0 spiro atoms. The lowest BCUT2D eigenvalue weighted by molar-refractivity contribution is 0.592. The first-order chi connectivity index (χ1) is 11.7. The van der Waals surface area contributed by atoms with Gasteiger partial charge in [-0.05, 0) is 0 Å². The summed E-state index contributed by atoms with van der Waals surface area (Å²) in [6, 6.07) is 0. The second-order valence-electron chi connectivity index (χ2n) is 5.06. The van der Waals surface area contributed by atoms with Gasteiger partial charge < -0.3 is 0 Å². The van der Waals surface area contributed by atoms with E-state index in [-0.39, 0.29) is 0 Å². The van der Waals surface area contributed by atoms with Crippen molar-refractivity contribution >= 4 is 24.7 Å². The molecule has 3 nitrogen and oxygen atoms in total. The summed E-state index contributed by atoms with van der Waals surface area (Å²) in [7, 11) is -1.37. The van der Waals surface area contributed by atoms with Crippen LogP contribution in [0.1, 0.15) is 0 Å². The van der Waals surface area contributed by atoms with Crippen molar-refractivity contribution in [1.82, 2.24) is 13.3 Å². The van der Waals surface area contributed by atoms with Gasteiger partial charge in [0.05, 0.1) is 24.7 Å². The third kappa shape index (κ3) is 5.30. The molecule has 1 fully saturated rings. The molecule has 1 heterocycles. The fourth-order valence-corrected chi connectivity index (χ4v) is 13.4. The molecule has 0 unspecified atom stereocenters. The zero-order chi connectivity index (χ0) is 17.9. The van der Waals surface area contributed by atoms with Crippen LogP contribution in [0.15, 0.2) is 75.9 Å². The highest BCUT2D eigenvalue weighted by Gasteiger charge is 2.44. The summed E-state index contributed by atoms with van der Waals surface area (Å²) in [5.41, 5.74) is 0. The summed E-state index contributed by atoms with van der Waals surface area (Å²) in [6.07, 6.45) is 15.1. The third-order valence-corrected chi connectivity index (χ3v) is 13.0. The Balaban J connectivity index is 3.36. The zero-order valence-corrected chi connectivity index (χ0v) is 17.3. The lowest BCUT2D eigenvalue weighted by atomic mass is 10.7. The molecule has 1 saturated heterocycles. The average molecular weight is 381 g/mol. The number of rotatable bonds is 12. The molecule has 132 valence electrons. The maximum atomic E-state index is 4.00. The van der Waals surface area contributed by atoms with Crippen LogP contribution in [-0.4, -0.2) is 51.4 Å². The SMILES string of the molecule is C=CCN1P(CC=C)N(CC=C)P(CC=C)N(CC=C)P1CC=C. The van der Waals surface area contributed by atoms with Crippen molar-refractivity contribution in [3.8, 4) is 0 Å². The Labute approximate surface area is 152 Å². The van der Waals surface area contributed by atoms with Crippen molar-refractivity contribution in [2.75, 3.05) is 38.1 Å². The minimum Gasteiger partial charge on any atom is -0.230 e. The van der Waals surface area contributed by atoms with Crippen molar-refractivity contribution < 1.29 is 0 Å². The molecule has 0 aliphatic carbocycles. The molecule has 6 heteroatoms. The Bertz CT molecular complexity index is 346. The van der Waals surface area contributed by atoms with Gasteiger partial charge in [0, 0.05) is 38.1 Å². The van der Waals surface area contributed by atoms with Gasteiger partial charge in [0.15, 0.2) is 0 Å².